The quantitative estimate of drug-likeness (QED) is 0.539. The molecule has 3 heterocycles. The van der Waals surface area contributed by atoms with E-state index in [4.69, 9.17) is 5.26 Å². The van der Waals surface area contributed by atoms with Crippen molar-refractivity contribution in [3.05, 3.63) is 71.4 Å². The van der Waals surface area contributed by atoms with Gasteiger partial charge in [-0.05, 0) is 60.0 Å². The summed E-state index contributed by atoms with van der Waals surface area (Å²) in [6, 6.07) is 14.6. The molecule has 0 saturated carbocycles. The van der Waals surface area contributed by atoms with Gasteiger partial charge in [-0.3, -0.25) is 5.10 Å². The molecule has 132 valence electrons. The highest BCUT2D eigenvalue weighted by Gasteiger charge is 2.09. The number of hydrogen-bond donors (Lipinski definition) is 2. The summed E-state index contributed by atoms with van der Waals surface area (Å²) in [6.07, 6.45) is 1.73. The van der Waals surface area contributed by atoms with E-state index in [0.717, 1.165) is 27.8 Å². The number of nitriles is 1. The Labute approximate surface area is 154 Å². The first-order valence-electron chi connectivity index (χ1n) is 8.34. The van der Waals surface area contributed by atoms with Gasteiger partial charge in [-0.2, -0.15) is 19.7 Å². The van der Waals surface area contributed by atoms with Crippen molar-refractivity contribution in [1.82, 2.24) is 20.2 Å². The molecule has 0 aliphatic carbocycles. The fourth-order valence-electron chi connectivity index (χ4n) is 2.99. The van der Waals surface area contributed by atoms with E-state index in [1.165, 1.54) is 6.07 Å². The summed E-state index contributed by atoms with van der Waals surface area (Å²) in [5.74, 6) is 0.148. The first-order chi connectivity index (χ1) is 13.1. The number of aromatic nitrogens is 4. The SMILES string of the molecule is Cc1cc(C#N)ccc1-c1ccnc(NCc2[nH]nc3nc(F)ccc23)c1. The Kier molecular flexibility index (Phi) is 4.22. The number of rotatable bonds is 4. The Balaban J connectivity index is 1.57. The van der Waals surface area contributed by atoms with E-state index in [0.29, 0.717) is 23.6 Å². The van der Waals surface area contributed by atoms with Crippen molar-refractivity contribution >= 4 is 16.9 Å². The molecule has 0 spiro atoms. The van der Waals surface area contributed by atoms with Crippen LogP contribution in [0.15, 0.2) is 48.7 Å². The number of pyridine rings is 2. The standard InChI is InChI=1S/C20H15FN6/c1-12-8-13(10-22)2-3-15(12)14-6-7-23-19(9-14)24-11-17-16-4-5-18(21)25-20(16)27-26-17/h2-9H,11H2,1H3,(H,23,24)(H,25,26,27). The van der Waals surface area contributed by atoms with Crippen LogP contribution in [0.5, 0.6) is 0 Å². The highest BCUT2D eigenvalue weighted by molar-refractivity contribution is 5.77. The Morgan fingerprint density at radius 3 is 2.89 bits per heavy atom. The van der Waals surface area contributed by atoms with Crippen molar-refractivity contribution in [2.45, 2.75) is 13.5 Å². The van der Waals surface area contributed by atoms with E-state index in [1.54, 1.807) is 18.3 Å². The highest BCUT2D eigenvalue weighted by Crippen LogP contribution is 2.26. The smallest absolute Gasteiger partial charge is 0.214 e. The molecular weight excluding hydrogens is 343 g/mol. The topological polar surface area (TPSA) is 90.3 Å². The normalized spacial score (nSPS) is 10.7. The van der Waals surface area contributed by atoms with Gasteiger partial charge in [0.2, 0.25) is 5.95 Å². The fraction of sp³-hybridized carbons (Fsp3) is 0.100. The summed E-state index contributed by atoms with van der Waals surface area (Å²) in [5, 5.41) is 19.9. The Morgan fingerprint density at radius 1 is 1.19 bits per heavy atom. The molecule has 0 amide bonds. The fourth-order valence-corrected chi connectivity index (χ4v) is 2.99. The molecule has 0 unspecified atom stereocenters. The molecule has 3 aromatic heterocycles. The third-order valence-corrected chi connectivity index (χ3v) is 4.34. The van der Waals surface area contributed by atoms with Crippen molar-refractivity contribution < 1.29 is 4.39 Å². The number of nitrogens with zero attached hydrogens (tertiary/aromatic N) is 4. The number of hydrogen-bond acceptors (Lipinski definition) is 5. The van der Waals surface area contributed by atoms with Gasteiger partial charge in [0, 0.05) is 11.6 Å². The number of aryl methyl sites for hydroxylation is 1. The zero-order valence-corrected chi connectivity index (χ0v) is 14.5. The highest BCUT2D eigenvalue weighted by atomic mass is 19.1. The monoisotopic (exact) mass is 358 g/mol. The number of benzene rings is 1. The summed E-state index contributed by atoms with van der Waals surface area (Å²) in [5.41, 5.74) is 4.87. The first-order valence-corrected chi connectivity index (χ1v) is 8.34. The van der Waals surface area contributed by atoms with E-state index < -0.39 is 5.95 Å². The Bertz CT molecular complexity index is 1170. The van der Waals surface area contributed by atoms with Crippen LogP contribution in [0.25, 0.3) is 22.2 Å². The third kappa shape index (κ3) is 3.33. The summed E-state index contributed by atoms with van der Waals surface area (Å²) in [4.78, 5) is 8.10. The molecule has 0 radical (unpaired) electrons. The van der Waals surface area contributed by atoms with Crippen LogP contribution in [-0.4, -0.2) is 20.2 Å². The molecule has 2 N–H and O–H groups in total. The maximum absolute atomic E-state index is 13.2. The molecule has 0 aliphatic heterocycles. The van der Waals surface area contributed by atoms with Crippen LogP contribution in [-0.2, 0) is 6.54 Å². The summed E-state index contributed by atoms with van der Waals surface area (Å²) in [6.45, 7) is 2.43. The van der Waals surface area contributed by atoms with Crippen molar-refractivity contribution in [2.75, 3.05) is 5.32 Å². The van der Waals surface area contributed by atoms with Crippen molar-refractivity contribution in [1.29, 1.82) is 5.26 Å². The van der Waals surface area contributed by atoms with Crippen molar-refractivity contribution in [2.24, 2.45) is 0 Å². The van der Waals surface area contributed by atoms with Gasteiger partial charge in [0.05, 0.1) is 23.9 Å². The van der Waals surface area contributed by atoms with E-state index in [-0.39, 0.29) is 0 Å². The molecule has 4 aromatic rings. The minimum Gasteiger partial charge on any atom is -0.364 e. The lowest BCUT2D eigenvalue weighted by atomic mass is 9.99. The lowest BCUT2D eigenvalue weighted by Gasteiger charge is -2.09. The van der Waals surface area contributed by atoms with E-state index >= 15 is 0 Å². The molecule has 0 bridgehead atoms. The predicted molar refractivity (Wildman–Crippen MR) is 100 cm³/mol. The van der Waals surface area contributed by atoms with Crippen LogP contribution in [0.4, 0.5) is 10.2 Å². The largest absolute Gasteiger partial charge is 0.364 e. The number of anilines is 1. The van der Waals surface area contributed by atoms with Gasteiger partial charge in [-0.15, -0.1) is 0 Å². The zero-order chi connectivity index (χ0) is 18.8. The predicted octanol–water partition coefficient (Wildman–Crippen LogP) is 3.95. The number of halogens is 1. The molecule has 4 rings (SSSR count). The Morgan fingerprint density at radius 2 is 2.07 bits per heavy atom. The minimum atomic E-state index is -0.555. The zero-order valence-electron chi connectivity index (χ0n) is 14.5. The molecule has 0 aliphatic rings. The molecule has 6 nitrogen and oxygen atoms in total. The van der Waals surface area contributed by atoms with Gasteiger partial charge in [0.1, 0.15) is 5.82 Å². The van der Waals surface area contributed by atoms with Crippen molar-refractivity contribution in [3.63, 3.8) is 0 Å². The van der Waals surface area contributed by atoms with Crippen LogP contribution >= 0.6 is 0 Å². The molecule has 27 heavy (non-hydrogen) atoms. The lowest BCUT2D eigenvalue weighted by Crippen LogP contribution is -2.02. The van der Waals surface area contributed by atoms with E-state index in [2.05, 4.69) is 31.6 Å². The minimum absolute atomic E-state index is 0.349. The molecule has 0 atom stereocenters. The number of H-pyrrole nitrogens is 1. The second kappa shape index (κ2) is 6.84. The summed E-state index contributed by atoms with van der Waals surface area (Å²) in [7, 11) is 0. The summed E-state index contributed by atoms with van der Waals surface area (Å²) >= 11 is 0. The molecule has 0 fully saturated rings. The Hall–Kier alpha value is -3.79. The van der Waals surface area contributed by atoms with Gasteiger partial charge in [0.15, 0.2) is 5.65 Å². The molecular formula is C20H15FN6. The van der Waals surface area contributed by atoms with Gasteiger partial charge >= 0.3 is 0 Å². The van der Waals surface area contributed by atoms with Crippen LogP contribution in [0.3, 0.4) is 0 Å². The molecule has 1 aromatic carbocycles. The van der Waals surface area contributed by atoms with Crippen LogP contribution in [0, 0.1) is 24.2 Å². The number of fused-ring (bicyclic) bond motifs is 1. The average Bonchev–Trinajstić information content (AvgIpc) is 3.08. The lowest BCUT2D eigenvalue weighted by molar-refractivity contribution is 0.588. The maximum Gasteiger partial charge on any atom is 0.214 e. The first kappa shape index (κ1) is 16.7. The average molecular weight is 358 g/mol. The van der Waals surface area contributed by atoms with Gasteiger partial charge in [0.25, 0.3) is 0 Å². The number of aromatic amines is 1. The third-order valence-electron chi connectivity index (χ3n) is 4.34. The van der Waals surface area contributed by atoms with Crippen LogP contribution in [0.2, 0.25) is 0 Å². The second-order valence-electron chi connectivity index (χ2n) is 6.13. The van der Waals surface area contributed by atoms with E-state index in [1.807, 2.05) is 31.2 Å². The molecule has 0 saturated heterocycles. The van der Waals surface area contributed by atoms with Gasteiger partial charge in [-0.25, -0.2) is 4.98 Å². The second-order valence-corrected chi connectivity index (χ2v) is 6.13. The van der Waals surface area contributed by atoms with Gasteiger partial charge < -0.3 is 5.32 Å². The molecule has 7 heteroatoms. The van der Waals surface area contributed by atoms with Crippen LogP contribution in [0.1, 0.15) is 16.8 Å². The van der Waals surface area contributed by atoms with Gasteiger partial charge in [-0.1, -0.05) is 6.07 Å². The summed E-state index contributed by atoms with van der Waals surface area (Å²) < 4.78 is 13.2. The van der Waals surface area contributed by atoms with Crippen molar-refractivity contribution in [3.8, 4) is 17.2 Å². The van der Waals surface area contributed by atoms with E-state index in [9.17, 15) is 4.39 Å². The number of nitrogens with one attached hydrogen (secondary N) is 2. The van der Waals surface area contributed by atoms with Crippen LogP contribution < -0.4 is 5.32 Å². The maximum atomic E-state index is 13.2.